The van der Waals surface area contributed by atoms with Gasteiger partial charge in [-0.1, -0.05) is 30.3 Å². The van der Waals surface area contributed by atoms with E-state index in [1.807, 2.05) is 35.6 Å². The molecule has 2 rings (SSSR count). The summed E-state index contributed by atoms with van der Waals surface area (Å²) in [6, 6.07) is 10.2. The van der Waals surface area contributed by atoms with E-state index >= 15 is 0 Å². The Morgan fingerprint density at radius 3 is 2.72 bits per heavy atom. The first-order valence-corrected chi connectivity index (χ1v) is 6.21. The summed E-state index contributed by atoms with van der Waals surface area (Å²) in [5.74, 6) is 0. The predicted molar refractivity (Wildman–Crippen MR) is 70.8 cm³/mol. The number of nitrogens with zero attached hydrogens (tertiary/aromatic N) is 3. The first-order valence-electron chi connectivity index (χ1n) is 6.21. The molecule has 0 saturated carbocycles. The number of rotatable bonds is 7. The van der Waals surface area contributed by atoms with Gasteiger partial charge in [-0.05, 0) is 12.0 Å². The van der Waals surface area contributed by atoms with Gasteiger partial charge in [-0.15, -0.1) is 0 Å². The van der Waals surface area contributed by atoms with Crippen LogP contribution in [-0.4, -0.2) is 32.8 Å². The van der Waals surface area contributed by atoms with Crippen LogP contribution in [0, 0.1) is 0 Å². The van der Waals surface area contributed by atoms with E-state index in [4.69, 9.17) is 0 Å². The minimum Gasteiger partial charge on any atom is -0.381 e. The van der Waals surface area contributed by atoms with Crippen molar-refractivity contribution < 1.29 is 5.11 Å². The van der Waals surface area contributed by atoms with Crippen molar-refractivity contribution in [3.8, 4) is 0 Å². The molecule has 0 aliphatic rings. The Balaban J connectivity index is 1.75. The second-order valence-corrected chi connectivity index (χ2v) is 4.33. The Kier molecular flexibility index (Phi) is 4.93. The molecule has 0 atom stereocenters. The lowest BCUT2D eigenvalue weighted by Gasteiger charge is -2.19. The second kappa shape index (κ2) is 6.93. The Morgan fingerprint density at radius 2 is 2.06 bits per heavy atom. The lowest BCUT2D eigenvalue weighted by molar-refractivity contribution is 0.0982. The van der Waals surface area contributed by atoms with E-state index in [0.29, 0.717) is 0 Å². The Morgan fingerprint density at radius 1 is 1.22 bits per heavy atom. The smallest absolute Gasteiger partial charge is 0.0959 e. The molecule has 96 valence electrons. The van der Waals surface area contributed by atoms with E-state index in [0.717, 1.165) is 26.1 Å². The molecule has 4 heteroatoms. The van der Waals surface area contributed by atoms with Crippen LogP contribution >= 0.6 is 0 Å². The number of aryl methyl sites for hydroxylation is 1. The van der Waals surface area contributed by atoms with Crippen LogP contribution < -0.4 is 0 Å². The highest BCUT2D eigenvalue weighted by molar-refractivity contribution is 5.14. The molecule has 0 aliphatic carbocycles. The quantitative estimate of drug-likeness (QED) is 0.755. The molecule has 1 aromatic heterocycles. The van der Waals surface area contributed by atoms with Crippen molar-refractivity contribution in [2.45, 2.75) is 19.5 Å². The normalized spacial score (nSPS) is 11.0. The number of hydrogen-bond acceptors (Lipinski definition) is 3. The molecular formula is C14H19N3O. The zero-order valence-corrected chi connectivity index (χ0v) is 10.4. The molecular weight excluding hydrogens is 226 g/mol. The molecule has 0 fully saturated rings. The molecule has 0 amide bonds. The molecule has 1 heterocycles. The van der Waals surface area contributed by atoms with Crippen molar-refractivity contribution in [3.63, 3.8) is 0 Å². The number of benzene rings is 1. The molecule has 0 radical (unpaired) electrons. The van der Waals surface area contributed by atoms with E-state index in [2.05, 4.69) is 21.7 Å². The summed E-state index contributed by atoms with van der Waals surface area (Å²) in [6.45, 7) is 2.70. The van der Waals surface area contributed by atoms with Crippen LogP contribution in [0.4, 0.5) is 0 Å². The van der Waals surface area contributed by atoms with Crippen molar-refractivity contribution in [1.82, 2.24) is 14.5 Å². The van der Waals surface area contributed by atoms with Crippen LogP contribution in [0.1, 0.15) is 12.0 Å². The molecule has 0 saturated heterocycles. The third-order valence-electron chi connectivity index (χ3n) is 2.90. The van der Waals surface area contributed by atoms with Crippen LogP contribution in [-0.2, 0) is 13.1 Å². The van der Waals surface area contributed by atoms with Crippen LogP contribution in [0.5, 0.6) is 0 Å². The minimum absolute atomic E-state index is 0.0961. The summed E-state index contributed by atoms with van der Waals surface area (Å²) in [5.41, 5.74) is 1.23. The Labute approximate surface area is 108 Å². The fourth-order valence-electron chi connectivity index (χ4n) is 1.94. The summed E-state index contributed by atoms with van der Waals surface area (Å²) >= 11 is 0. The number of aliphatic hydroxyl groups is 1. The van der Waals surface area contributed by atoms with Gasteiger partial charge >= 0.3 is 0 Å². The number of imidazole rings is 1. The Bertz CT molecular complexity index is 428. The molecule has 0 spiro atoms. The average Bonchev–Trinajstić information content (AvgIpc) is 2.92. The van der Waals surface area contributed by atoms with Crippen molar-refractivity contribution in [2.24, 2.45) is 0 Å². The third-order valence-corrected chi connectivity index (χ3v) is 2.90. The standard InChI is InChI=1S/C14H19N3O/c18-13-17(11-14-5-2-1-3-6-14)9-4-8-16-10-7-15-12-16/h1-3,5-7,10,12,18H,4,8-9,11,13H2. The third kappa shape index (κ3) is 3.98. The summed E-state index contributed by atoms with van der Waals surface area (Å²) < 4.78 is 2.05. The predicted octanol–water partition coefficient (Wildman–Crippen LogP) is 1.73. The van der Waals surface area contributed by atoms with Gasteiger partial charge in [-0.2, -0.15) is 0 Å². The molecule has 1 N–H and O–H groups in total. The van der Waals surface area contributed by atoms with E-state index in [-0.39, 0.29) is 6.73 Å². The molecule has 1 aromatic carbocycles. The fraction of sp³-hybridized carbons (Fsp3) is 0.357. The highest BCUT2D eigenvalue weighted by atomic mass is 16.3. The Hall–Kier alpha value is -1.65. The molecule has 0 bridgehead atoms. The van der Waals surface area contributed by atoms with Crippen molar-refractivity contribution in [3.05, 3.63) is 54.6 Å². The van der Waals surface area contributed by atoms with Crippen LogP contribution in [0.2, 0.25) is 0 Å². The van der Waals surface area contributed by atoms with Crippen LogP contribution in [0.3, 0.4) is 0 Å². The topological polar surface area (TPSA) is 41.3 Å². The first kappa shape index (κ1) is 12.8. The zero-order valence-electron chi connectivity index (χ0n) is 10.4. The molecule has 0 aliphatic heterocycles. The number of aliphatic hydroxyl groups excluding tert-OH is 1. The molecule has 4 nitrogen and oxygen atoms in total. The number of hydrogen-bond donors (Lipinski definition) is 1. The minimum atomic E-state index is 0.0961. The maximum atomic E-state index is 9.35. The van der Waals surface area contributed by atoms with Gasteiger partial charge in [0.05, 0.1) is 13.1 Å². The van der Waals surface area contributed by atoms with Crippen molar-refractivity contribution in [1.29, 1.82) is 0 Å². The second-order valence-electron chi connectivity index (χ2n) is 4.33. The van der Waals surface area contributed by atoms with Crippen molar-refractivity contribution >= 4 is 0 Å². The maximum Gasteiger partial charge on any atom is 0.0959 e. The largest absolute Gasteiger partial charge is 0.381 e. The van der Waals surface area contributed by atoms with E-state index < -0.39 is 0 Å². The first-order chi connectivity index (χ1) is 8.88. The monoisotopic (exact) mass is 245 g/mol. The summed E-state index contributed by atoms with van der Waals surface area (Å²) in [4.78, 5) is 6.04. The average molecular weight is 245 g/mol. The van der Waals surface area contributed by atoms with Gasteiger partial charge in [0.1, 0.15) is 0 Å². The number of aromatic nitrogens is 2. The molecule has 0 unspecified atom stereocenters. The van der Waals surface area contributed by atoms with E-state index in [1.165, 1.54) is 5.56 Å². The molecule has 18 heavy (non-hydrogen) atoms. The fourth-order valence-corrected chi connectivity index (χ4v) is 1.94. The lowest BCUT2D eigenvalue weighted by atomic mass is 10.2. The summed E-state index contributed by atoms with van der Waals surface area (Å²) in [6.07, 6.45) is 6.57. The van der Waals surface area contributed by atoms with E-state index in [1.54, 1.807) is 6.20 Å². The van der Waals surface area contributed by atoms with Gasteiger partial charge in [0, 0.05) is 32.0 Å². The molecule has 2 aromatic rings. The lowest BCUT2D eigenvalue weighted by Crippen LogP contribution is -2.26. The van der Waals surface area contributed by atoms with E-state index in [9.17, 15) is 5.11 Å². The van der Waals surface area contributed by atoms with Crippen molar-refractivity contribution in [2.75, 3.05) is 13.3 Å². The zero-order chi connectivity index (χ0) is 12.6. The van der Waals surface area contributed by atoms with Gasteiger partial charge in [0.25, 0.3) is 0 Å². The van der Waals surface area contributed by atoms with Gasteiger partial charge in [-0.25, -0.2) is 4.98 Å². The highest BCUT2D eigenvalue weighted by Gasteiger charge is 2.04. The SMILES string of the molecule is OCN(CCCn1ccnc1)Cc1ccccc1. The van der Waals surface area contributed by atoms with Crippen LogP contribution in [0.15, 0.2) is 49.1 Å². The van der Waals surface area contributed by atoms with Crippen LogP contribution in [0.25, 0.3) is 0 Å². The maximum absolute atomic E-state index is 9.35. The summed E-state index contributed by atoms with van der Waals surface area (Å²) in [5, 5.41) is 9.35. The van der Waals surface area contributed by atoms with Gasteiger partial charge in [0.15, 0.2) is 0 Å². The highest BCUT2D eigenvalue weighted by Crippen LogP contribution is 2.04. The van der Waals surface area contributed by atoms with Gasteiger partial charge < -0.3 is 9.67 Å². The summed E-state index contributed by atoms with van der Waals surface area (Å²) in [7, 11) is 0. The van der Waals surface area contributed by atoms with Gasteiger partial charge in [0.2, 0.25) is 0 Å². The van der Waals surface area contributed by atoms with Gasteiger partial charge in [-0.3, -0.25) is 4.90 Å².